The van der Waals surface area contributed by atoms with Gasteiger partial charge in [-0.1, -0.05) is 29.8 Å². The van der Waals surface area contributed by atoms with Crippen molar-refractivity contribution in [3.05, 3.63) is 124 Å². The van der Waals surface area contributed by atoms with Crippen LogP contribution >= 0.6 is 0 Å². The summed E-state index contributed by atoms with van der Waals surface area (Å²) in [4.78, 5) is 52.6. The van der Waals surface area contributed by atoms with E-state index >= 15 is 4.39 Å². The van der Waals surface area contributed by atoms with Crippen molar-refractivity contribution < 1.29 is 41.5 Å². The van der Waals surface area contributed by atoms with Crippen LogP contribution in [0.15, 0.2) is 84.9 Å². The molecule has 0 bridgehead atoms. The van der Waals surface area contributed by atoms with E-state index in [1.54, 1.807) is 12.1 Å². The van der Waals surface area contributed by atoms with Gasteiger partial charge in [-0.25, -0.2) is 9.29 Å². The van der Waals surface area contributed by atoms with Gasteiger partial charge >= 0.3 is 6.18 Å². The first-order valence-electron chi connectivity index (χ1n) is 12.9. The molecule has 0 N–H and O–H groups in total. The quantitative estimate of drug-likeness (QED) is 0.194. The summed E-state index contributed by atoms with van der Waals surface area (Å²) in [5.74, 6) is -2.33. The molecule has 0 aromatic heterocycles. The average molecular weight is 589 g/mol. The molecule has 11 heteroatoms. The molecule has 2 aliphatic heterocycles. The second kappa shape index (κ2) is 9.62. The first-order chi connectivity index (χ1) is 20.3. The van der Waals surface area contributed by atoms with Crippen LogP contribution < -0.4 is 9.64 Å². The number of aryl methyl sites for hydroxylation is 1. The van der Waals surface area contributed by atoms with Crippen LogP contribution in [0.2, 0.25) is 0 Å². The lowest BCUT2D eigenvalue weighted by molar-refractivity contribution is -0.219. The summed E-state index contributed by atoms with van der Waals surface area (Å²) in [5, 5.41) is 0. The van der Waals surface area contributed by atoms with E-state index in [-0.39, 0.29) is 22.4 Å². The van der Waals surface area contributed by atoms with Gasteiger partial charge in [-0.2, -0.15) is 13.2 Å². The average Bonchev–Trinajstić information content (AvgIpc) is 3.36. The van der Waals surface area contributed by atoms with Crippen molar-refractivity contribution in [2.24, 2.45) is 0 Å². The second-order valence-electron chi connectivity index (χ2n) is 10.2. The highest BCUT2D eigenvalue weighted by Gasteiger charge is 2.59. The van der Waals surface area contributed by atoms with E-state index in [4.69, 9.17) is 4.74 Å². The summed E-state index contributed by atoms with van der Waals surface area (Å²) in [7, 11) is 1.16. The number of imide groups is 2. The Morgan fingerprint density at radius 2 is 1.02 bits per heavy atom. The molecule has 1 unspecified atom stereocenters. The van der Waals surface area contributed by atoms with Gasteiger partial charge in [0, 0.05) is 18.2 Å². The van der Waals surface area contributed by atoms with Crippen molar-refractivity contribution in [2.75, 3.05) is 11.9 Å². The van der Waals surface area contributed by atoms with E-state index in [2.05, 4.69) is 0 Å². The summed E-state index contributed by atoms with van der Waals surface area (Å²) in [5.41, 5.74) is -6.04. The Balaban J connectivity index is 1.34. The maximum absolute atomic E-state index is 16.4. The van der Waals surface area contributed by atoms with E-state index in [1.165, 1.54) is 24.3 Å². The zero-order valence-electron chi connectivity index (χ0n) is 22.5. The Morgan fingerprint density at radius 3 is 1.56 bits per heavy atom. The molecule has 4 amide bonds. The summed E-state index contributed by atoms with van der Waals surface area (Å²) < 4.78 is 65.5. The maximum atomic E-state index is 16.4. The van der Waals surface area contributed by atoms with E-state index in [9.17, 15) is 32.3 Å². The molecule has 7 nitrogen and oxygen atoms in total. The second-order valence-corrected chi connectivity index (χ2v) is 10.2. The van der Waals surface area contributed by atoms with Crippen LogP contribution in [0.4, 0.5) is 23.2 Å². The number of amides is 4. The smallest absolute Gasteiger partial charge is 0.431 e. The summed E-state index contributed by atoms with van der Waals surface area (Å²) >= 11 is 0. The highest BCUT2D eigenvalue weighted by molar-refractivity contribution is 6.34. The van der Waals surface area contributed by atoms with Gasteiger partial charge in [0.25, 0.3) is 29.3 Å². The molecule has 1 atom stereocenters. The fraction of sp³-hybridized carbons (Fsp3) is 0.125. The van der Waals surface area contributed by atoms with Gasteiger partial charge in [0.15, 0.2) is 0 Å². The number of rotatable bonds is 5. The molecule has 43 heavy (non-hydrogen) atoms. The van der Waals surface area contributed by atoms with Crippen molar-refractivity contribution in [1.82, 2.24) is 4.90 Å². The monoisotopic (exact) mass is 588 g/mol. The molecule has 0 aliphatic carbocycles. The number of hydrogen-bond donors (Lipinski definition) is 0. The van der Waals surface area contributed by atoms with E-state index in [1.807, 2.05) is 19.1 Å². The number of halogens is 4. The van der Waals surface area contributed by atoms with Gasteiger partial charge < -0.3 is 4.74 Å². The third-order valence-electron chi connectivity index (χ3n) is 7.51. The molecule has 0 fully saturated rings. The first kappa shape index (κ1) is 27.8. The minimum absolute atomic E-state index is 0.136. The number of alkyl halides is 4. The zero-order chi connectivity index (χ0) is 30.8. The Kier molecular flexibility index (Phi) is 6.22. The molecule has 0 spiro atoms. The Bertz CT molecular complexity index is 1850. The lowest BCUT2D eigenvalue weighted by atomic mass is 9.84. The van der Waals surface area contributed by atoms with Crippen molar-refractivity contribution in [3.8, 4) is 11.5 Å². The summed E-state index contributed by atoms with van der Waals surface area (Å²) in [6.45, 7) is 1.93. The van der Waals surface area contributed by atoms with Crippen LogP contribution in [-0.4, -0.2) is 41.8 Å². The van der Waals surface area contributed by atoms with E-state index in [0.29, 0.717) is 23.6 Å². The number of hydrogen-bond acceptors (Lipinski definition) is 5. The zero-order valence-corrected chi connectivity index (χ0v) is 22.5. The fourth-order valence-electron chi connectivity index (χ4n) is 5.16. The van der Waals surface area contributed by atoms with Gasteiger partial charge in [-0.3, -0.25) is 24.1 Å². The van der Waals surface area contributed by atoms with Gasteiger partial charge in [-0.15, -0.1) is 0 Å². The lowest BCUT2D eigenvalue weighted by Crippen LogP contribution is -2.39. The Labute approximate surface area is 241 Å². The number of benzene rings is 4. The molecular weight excluding hydrogens is 568 g/mol. The van der Waals surface area contributed by atoms with Gasteiger partial charge in [-0.05, 0) is 67.6 Å². The number of nitrogens with zero attached hydrogens (tertiary/aromatic N) is 2. The lowest BCUT2D eigenvalue weighted by Gasteiger charge is -2.29. The molecule has 4 aromatic carbocycles. The van der Waals surface area contributed by atoms with Gasteiger partial charge in [0.1, 0.15) is 11.5 Å². The van der Waals surface area contributed by atoms with Crippen LogP contribution in [0.1, 0.15) is 58.1 Å². The number of carbonyl (C=O) groups is 4. The number of ether oxygens (including phenoxy) is 1. The predicted molar refractivity (Wildman–Crippen MR) is 146 cm³/mol. The fourth-order valence-corrected chi connectivity index (χ4v) is 5.16. The normalized spacial score (nSPS) is 16.0. The minimum Gasteiger partial charge on any atom is -0.457 e. The van der Waals surface area contributed by atoms with Crippen LogP contribution in [0.25, 0.3) is 0 Å². The molecule has 2 heterocycles. The Morgan fingerprint density at radius 1 is 0.581 bits per heavy atom. The number of carbonyl (C=O) groups excluding carboxylic acids is 4. The van der Waals surface area contributed by atoms with Crippen molar-refractivity contribution in [3.63, 3.8) is 0 Å². The van der Waals surface area contributed by atoms with Crippen molar-refractivity contribution in [2.45, 2.75) is 18.8 Å². The van der Waals surface area contributed by atoms with Gasteiger partial charge in [0.05, 0.1) is 27.9 Å². The van der Waals surface area contributed by atoms with E-state index in [0.717, 1.165) is 46.7 Å². The Hall–Kier alpha value is -5.32. The maximum Gasteiger partial charge on any atom is 0.431 e. The highest BCUT2D eigenvalue weighted by atomic mass is 19.4. The highest BCUT2D eigenvalue weighted by Crippen LogP contribution is 2.49. The topological polar surface area (TPSA) is 84.0 Å². The van der Waals surface area contributed by atoms with Crippen LogP contribution in [0.3, 0.4) is 0 Å². The van der Waals surface area contributed by atoms with Crippen molar-refractivity contribution in [1.29, 1.82) is 0 Å². The largest absolute Gasteiger partial charge is 0.457 e. The molecule has 2 aliphatic rings. The third kappa shape index (κ3) is 4.27. The molecule has 6 rings (SSSR count). The van der Waals surface area contributed by atoms with E-state index < -0.39 is 52.2 Å². The predicted octanol–water partition coefficient (Wildman–Crippen LogP) is 6.59. The van der Waals surface area contributed by atoms with Crippen LogP contribution in [0, 0.1) is 6.92 Å². The van der Waals surface area contributed by atoms with Gasteiger partial charge in [0.2, 0.25) is 0 Å². The molecule has 0 radical (unpaired) electrons. The summed E-state index contributed by atoms with van der Waals surface area (Å²) in [6.07, 6.45) is -5.54. The SMILES string of the molecule is Cc1ccc(Oc2ccc(N3C(=O)c4ccc(C(F)(c5ccc6c(c5)C(=O)N(C)C6=O)C(F)(F)F)cc4C3=O)cc2)cc1. The minimum atomic E-state index is -5.54. The molecule has 216 valence electrons. The molecular formula is C32H20F4N2O5. The number of anilines is 1. The molecule has 4 aromatic rings. The van der Waals surface area contributed by atoms with Crippen molar-refractivity contribution >= 4 is 29.3 Å². The molecule has 0 saturated carbocycles. The first-order valence-corrected chi connectivity index (χ1v) is 12.9. The summed E-state index contributed by atoms with van der Waals surface area (Å²) in [6, 6.07) is 18.1. The standard InChI is InChI=1S/C32H20F4N2O5/c1-17-3-9-21(10-4-17)43-22-11-7-20(8-12-22)38-29(41)24-14-6-19(16-26(24)30(38)42)31(33,32(34,35)36)18-5-13-23-25(15-18)28(40)37(2)27(23)39/h3-16H,1-2H3. The molecule has 0 saturated heterocycles. The third-order valence-corrected chi connectivity index (χ3v) is 7.51. The number of fused-ring (bicyclic) bond motifs is 2. The van der Waals surface area contributed by atoms with Crippen LogP contribution in [-0.2, 0) is 5.67 Å². The van der Waals surface area contributed by atoms with Crippen LogP contribution in [0.5, 0.6) is 11.5 Å².